The van der Waals surface area contributed by atoms with Gasteiger partial charge in [0.05, 0.1) is 12.2 Å². The number of nitrogens with zero attached hydrogens (tertiary/aromatic N) is 3. The summed E-state index contributed by atoms with van der Waals surface area (Å²) >= 11 is 0. The van der Waals surface area contributed by atoms with Gasteiger partial charge < -0.3 is 5.32 Å². The SMILES string of the molecule is CCC(NCc1cn[nH]c1C)c1ncccn1. The van der Waals surface area contributed by atoms with E-state index in [1.807, 2.05) is 19.2 Å². The molecule has 5 nitrogen and oxygen atoms in total. The van der Waals surface area contributed by atoms with Crippen LogP contribution in [0.25, 0.3) is 0 Å². The fourth-order valence-corrected chi connectivity index (χ4v) is 1.70. The number of aromatic nitrogens is 4. The Kier molecular flexibility index (Phi) is 3.82. The largest absolute Gasteiger partial charge is 0.303 e. The summed E-state index contributed by atoms with van der Waals surface area (Å²) in [7, 11) is 0. The van der Waals surface area contributed by atoms with Crippen LogP contribution in [-0.2, 0) is 6.54 Å². The predicted octanol–water partition coefficient (Wildman–Crippen LogP) is 1.75. The zero-order chi connectivity index (χ0) is 12.1. The second-order valence-corrected chi connectivity index (χ2v) is 3.97. The fourth-order valence-electron chi connectivity index (χ4n) is 1.70. The summed E-state index contributed by atoms with van der Waals surface area (Å²) < 4.78 is 0. The number of hydrogen-bond donors (Lipinski definition) is 2. The molecular weight excluding hydrogens is 214 g/mol. The molecule has 5 heteroatoms. The third-order valence-electron chi connectivity index (χ3n) is 2.78. The Hall–Kier alpha value is -1.75. The normalized spacial score (nSPS) is 12.6. The molecule has 0 saturated carbocycles. The number of aromatic amines is 1. The molecule has 2 aromatic rings. The maximum absolute atomic E-state index is 4.28. The van der Waals surface area contributed by atoms with E-state index < -0.39 is 0 Å². The Bertz CT molecular complexity index is 451. The lowest BCUT2D eigenvalue weighted by molar-refractivity contribution is 0.493. The van der Waals surface area contributed by atoms with Crippen LogP contribution in [0.15, 0.2) is 24.7 Å². The second kappa shape index (κ2) is 5.54. The van der Waals surface area contributed by atoms with Gasteiger partial charge in [-0.05, 0) is 19.4 Å². The molecule has 2 N–H and O–H groups in total. The molecule has 0 fully saturated rings. The van der Waals surface area contributed by atoms with Gasteiger partial charge in [0.1, 0.15) is 5.82 Å². The van der Waals surface area contributed by atoms with E-state index in [0.717, 1.165) is 24.5 Å². The Morgan fingerprint density at radius 1 is 1.35 bits per heavy atom. The highest BCUT2D eigenvalue weighted by Gasteiger charge is 2.11. The lowest BCUT2D eigenvalue weighted by Gasteiger charge is -2.14. The molecule has 2 aromatic heterocycles. The highest BCUT2D eigenvalue weighted by molar-refractivity contribution is 5.14. The standard InChI is InChI=1S/C12H17N5/c1-3-11(12-13-5-4-6-14-12)15-7-10-8-16-17-9(10)2/h4-6,8,11,15H,3,7H2,1-2H3,(H,16,17). The van der Waals surface area contributed by atoms with E-state index in [0.29, 0.717) is 0 Å². The summed E-state index contributed by atoms with van der Waals surface area (Å²) in [6.07, 6.45) is 6.35. The van der Waals surface area contributed by atoms with Gasteiger partial charge in [0, 0.05) is 30.2 Å². The average molecular weight is 231 g/mol. The summed E-state index contributed by atoms with van der Waals surface area (Å²) in [6, 6.07) is 2.02. The van der Waals surface area contributed by atoms with E-state index in [1.54, 1.807) is 12.4 Å². The third-order valence-corrected chi connectivity index (χ3v) is 2.78. The van der Waals surface area contributed by atoms with Gasteiger partial charge in [-0.3, -0.25) is 5.10 Å². The zero-order valence-corrected chi connectivity index (χ0v) is 10.1. The van der Waals surface area contributed by atoms with E-state index >= 15 is 0 Å². The van der Waals surface area contributed by atoms with E-state index in [-0.39, 0.29) is 6.04 Å². The molecule has 0 spiro atoms. The van der Waals surface area contributed by atoms with Crippen LogP contribution in [0.1, 0.15) is 36.5 Å². The van der Waals surface area contributed by atoms with Crippen LogP contribution in [0.4, 0.5) is 0 Å². The second-order valence-electron chi connectivity index (χ2n) is 3.97. The van der Waals surface area contributed by atoms with Crippen molar-refractivity contribution >= 4 is 0 Å². The minimum atomic E-state index is 0.186. The summed E-state index contributed by atoms with van der Waals surface area (Å²) in [4.78, 5) is 8.55. The van der Waals surface area contributed by atoms with Crippen LogP contribution in [0.5, 0.6) is 0 Å². The topological polar surface area (TPSA) is 66.5 Å². The molecule has 0 amide bonds. The average Bonchev–Trinajstić information content (AvgIpc) is 2.77. The summed E-state index contributed by atoms with van der Waals surface area (Å²) in [5, 5.41) is 10.4. The Labute approximate surface area is 101 Å². The van der Waals surface area contributed by atoms with Crippen molar-refractivity contribution in [1.29, 1.82) is 0 Å². The Balaban J connectivity index is 1.99. The van der Waals surface area contributed by atoms with Crippen molar-refractivity contribution in [1.82, 2.24) is 25.5 Å². The van der Waals surface area contributed by atoms with E-state index in [2.05, 4.69) is 32.4 Å². The van der Waals surface area contributed by atoms with Gasteiger partial charge >= 0.3 is 0 Å². The van der Waals surface area contributed by atoms with Crippen LogP contribution in [-0.4, -0.2) is 20.2 Å². The number of H-pyrrole nitrogens is 1. The highest BCUT2D eigenvalue weighted by atomic mass is 15.1. The molecule has 1 unspecified atom stereocenters. The molecule has 1 atom stereocenters. The maximum atomic E-state index is 4.28. The van der Waals surface area contributed by atoms with Gasteiger partial charge in [-0.15, -0.1) is 0 Å². The number of nitrogens with one attached hydrogen (secondary N) is 2. The molecule has 90 valence electrons. The zero-order valence-electron chi connectivity index (χ0n) is 10.1. The van der Waals surface area contributed by atoms with Gasteiger partial charge in [0.15, 0.2) is 0 Å². The van der Waals surface area contributed by atoms with Crippen LogP contribution in [0.3, 0.4) is 0 Å². The summed E-state index contributed by atoms with van der Waals surface area (Å²) in [5.41, 5.74) is 2.28. The summed E-state index contributed by atoms with van der Waals surface area (Å²) in [6.45, 7) is 4.92. The lowest BCUT2D eigenvalue weighted by Crippen LogP contribution is -2.22. The first-order chi connectivity index (χ1) is 8.31. The quantitative estimate of drug-likeness (QED) is 0.822. The van der Waals surface area contributed by atoms with E-state index in [4.69, 9.17) is 0 Å². The first-order valence-electron chi connectivity index (χ1n) is 5.80. The van der Waals surface area contributed by atoms with Crippen molar-refractivity contribution in [2.24, 2.45) is 0 Å². The third kappa shape index (κ3) is 2.88. The Morgan fingerprint density at radius 2 is 2.12 bits per heavy atom. The number of aryl methyl sites for hydroxylation is 1. The highest BCUT2D eigenvalue weighted by Crippen LogP contribution is 2.12. The molecule has 0 aromatic carbocycles. The van der Waals surface area contributed by atoms with Crippen molar-refractivity contribution in [3.63, 3.8) is 0 Å². The smallest absolute Gasteiger partial charge is 0.145 e. The monoisotopic (exact) mass is 231 g/mol. The van der Waals surface area contributed by atoms with Crippen molar-refractivity contribution in [2.75, 3.05) is 0 Å². The van der Waals surface area contributed by atoms with Crippen molar-refractivity contribution < 1.29 is 0 Å². The molecule has 0 bridgehead atoms. The minimum absolute atomic E-state index is 0.186. The summed E-state index contributed by atoms with van der Waals surface area (Å²) in [5.74, 6) is 0.844. The number of hydrogen-bond acceptors (Lipinski definition) is 4. The van der Waals surface area contributed by atoms with Gasteiger partial charge in [-0.2, -0.15) is 5.10 Å². The molecule has 0 aliphatic rings. The molecule has 2 rings (SSSR count). The van der Waals surface area contributed by atoms with Crippen molar-refractivity contribution in [2.45, 2.75) is 32.9 Å². The van der Waals surface area contributed by atoms with Gasteiger partial charge in [-0.1, -0.05) is 6.92 Å². The molecule has 0 radical (unpaired) electrons. The van der Waals surface area contributed by atoms with Crippen molar-refractivity contribution in [3.05, 3.63) is 41.7 Å². The molecule has 0 aliphatic heterocycles. The van der Waals surface area contributed by atoms with Crippen LogP contribution < -0.4 is 5.32 Å². The maximum Gasteiger partial charge on any atom is 0.145 e. The fraction of sp³-hybridized carbons (Fsp3) is 0.417. The van der Waals surface area contributed by atoms with Crippen molar-refractivity contribution in [3.8, 4) is 0 Å². The van der Waals surface area contributed by atoms with Gasteiger partial charge in [0.2, 0.25) is 0 Å². The van der Waals surface area contributed by atoms with E-state index in [1.165, 1.54) is 5.56 Å². The predicted molar refractivity (Wildman–Crippen MR) is 65.2 cm³/mol. The lowest BCUT2D eigenvalue weighted by atomic mass is 10.2. The van der Waals surface area contributed by atoms with Gasteiger partial charge in [0.25, 0.3) is 0 Å². The minimum Gasteiger partial charge on any atom is -0.303 e. The van der Waals surface area contributed by atoms with Gasteiger partial charge in [-0.25, -0.2) is 9.97 Å². The molecule has 17 heavy (non-hydrogen) atoms. The van der Waals surface area contributed by atoms with Crippen LogP contribution in [0.2, 0.25) is 0 Å². The molecule has 0 saturated heterocycles. The molecule has 0 aliphatic carbocycles. The molecular formula is C12H17N5. The first kappa shape index (κ1) is 11.7. The van der Waals surface area contributed by atoms with Crippen LogP contribution in [0, 0.1) is 6.92 Å². The Morgan fingerprint density at radius 3 is 2.71 bits per heavy atom. The molecule has 2 heterocycles. The number of rotatable bonds is 5. The first-order valence-corrected chi connectivity index (χ1v) is 5.80. The van der Waals surface area contributed by atoms with E-state index in [9.17, 15) is 0 Å². The van der Waals surface area contributed by atoms with Crippen LogP contribution >= 0.6 is 0 Å².